The molecule has 2 rings (SSSR count). The van der Waals surface area contributed by atoms with E-state index in [-0.39, 0.29) is 6.10 Å². The molecule has 0 saturated carbocycles. The molecule has 0 aliphatic heterocycles. The Hall–Kier alpha value is -1.52. The molecule has 0 radical (unpaired) electrons. The van der Waals surface area contributed by atoms with E-state index in [1.54, 1.807) is 12.1 Å². The molecular formula is C15H19BO3. The van der Waals surface area contributed by atoms with Gasteiger partial charge in [0, 0.05) is 0 Å². The molecule has 0 aromatic heterocycles. The van der Waals surface area contributed by atoms with Crippen molar-refractivity contribution in [1.29, 1.82) is 0 Å². The van der Waals surface area contributed by atoms with Crippen LogP contribution in [-0.2, 0) is 0 Å². The number of ether oxygens (including phenoxy) is 1. The van der Waals surface area contributed by atoms with Crippen molar-refractivity contribution in [3.05, 3.63) is 36.4 Å². The molecule has 0 aliphatic carbocycles. The molecule has 0 aliphatic rings. The van der Waals surface area contributed by atoms with E-state index >= 15 is 0 Å². The van der Waals surface area contributed by atoms with E-state index in [0.717, 1.165) is 29.4 Å². The molecular weight excluding hydrogens is 239 g/mol. The van der Waals surface area contributed by atoms with E-state index in [1.807, 2.05) is 24.3 Å². The molecule has 2 N–H and O–H groups in total. The molecule has 0 heterocycles. The summed E-state index contributed by atoms with van der Waals surface area (Å²) < 4.78 is 5.84. The number of rotatable bonds is 5. The third-order valence-electron chi connectivity index (χ3n) is 3.17. The van der Waals surface area contributed by atoms with Gasteiger partial charge in [-0.3, -0.25) is 0 Å². The van der Waals surface area contributed by atoms with Crippen molar-refractivity contribution in [2.24, 2.45) is 0 Å². The van der Waals surface area contributed by atoms with Gasteiger partial charge in [-0.1, -0.05) is 37.6 Å². The molecule has 4 heteroatoms. The second kappa shape index (κ2) is 6.09. The van der Waals surface area contributed by atoms with E-state index in [1.165, 1.54) is 0 Å². The van der Waals surface area contributed by atoms with Crippen molar-refractivity contribution in [2.45, 2.75) is 32.8 Å². The lowest BCUT2D eigenvalue weighted by atomic mass is 9.79. The maximum absolute atomic E-state index is 9.15. The van der Waals surface area contributed by atoms with Crippen molar-refractivity contribution in [2.75, 3.05) is 0 Å². The highest BCUT2D eigenvalue weighted by molar-refractivity contribution is 6.58. The summed E-state index contributed by atoms with van der Waals surface area (Å²) in [6, 6.07) is 11.2. The fraction of sp³-hybridized carbons (Fsp3) is 0.333. The zero-order valence-electron chi connectivity index (χ0n) is 11.3. The second-order valence-electron chi connectivity index (χ2n) is 4.86. The van der Waals surface area contributed by atoms with Crippen LogP contribution >= 0.6 is 0 Å². The Bertz CT molecular complexity index is 554. The van der Waals surface area contributed by atoms with Crippen molar-refractivity contribution >= 4 is 23.4 Å². The van der Waals surface area contributed by atoms with Crippen LogP contribution in [0.3, 0.4) is 0 Å². The lowest BCUT2D eigenvalue weighted by molar-refractivity contribution is 0.210. The van der Waals surface area contributed by atoms with Crippen molar-refractivity contribution in [3.63, 3.8) is 0 Å². The summed E-state index contributed by atoms with van der Waals surface area (Å²) >= 11 is 0. The van der Waals surface area contributed by atoms with E-state index in [9.17, 15) is 0 Å². The van der Waals surface area contributed by atoms with Gasteiger partial charge in [0.2, 0.25) is 0 Å². The van der Waals surface area contributed by atoms with E-state index < -0.39 is 7.12 Å². The number of hydrogen-bond donors (Lipinski definition) is 2. The van der Waals surface area contributed by atoms with Crippen LogP contribution in [0.15, 0.2) is 36.4 Å². The van der Waals surface area contributed by atoms with Crippen molar-refractivity contribution < 1.29 is 14.8 Å². The van der Waals surface area contributed by atoms with Gasteiger partial charge >= 0.3 is 7.12 Å². The zero-order chi connectivity index (χ0) is 13.8. The highest BCUT2D eigenvalue weighted by Gasteiger charge is 2.11. The molecule has 0 spiro atoms. The second-order valence-corrected chi connectivity index (χ2v) is 4.86. The average molecular weight is 258 g/mol. The predicted molar refractivity (Wildman–Crippen MR) is 78.8 cm³/mol. The van der Waals surface area contributed by atoms with Gasteiger partial charge in [-0.15, -0.1) is 0 Å². The molecule has 100 valence electrons. The monoisotopic (exact) mass is 258 g/mol. The van der Waals surface area contributed by atoms with Crippen molar-refractivity contribution in [3.8, 4) is 5.75 Å². The Morgan fingerprint density at radius 3 is 2.47 bits per heavy atom. The Morgan fingerprint density at radius 1 is 1.11 bits per heavy atom. The molecule has 0 saturated heterocycles. The van der Waals surface area contributed by atoms with Gasteiger partial charge in [0.05, 0.1) is 6.10 Å². The van der Waals surface area contributed by atoms with Crippen LogP contribution in [0.1, 0.15) is 26.7 Å². The van der Waals surface area contributed by atoms with Crippen LogP contribution in [0.5, 0.6) is 5.75 Å². The maximum Gasteiger partial charge on any atom is 0.488 e. The summed E-state index contributed by atoms with van der Waals surface area (Å²) in [6.45, 7) is 4.21. The summed E-state index contributed by atoms with van der Waals surface area (Å²) in [6.07, 6.45) is 2.35. The summed E-state index contributed by atoms with van der Waals surface area (Å²) in [7, 11) is -1.43. The molecule has 0 fully saturated rings. The smallest absolute Gasteiger partial charge is 0.488 e. The largest absolute Gasteiger partial charge is 0.491 e. The van der Waals surface area contributed by atoms with Gasteiger partial charge < -0.3 is 14.8 Å². The SMILES string of the molecule is CCCC(C)Oc1ccc2cc(B(O)O)ccc2c1. The standard InChI is InChI=1S/C15H19BO3/c1-3-4-11(2)19-15-8-6-12-9-14(16(17)18)7-5-13(12)10-15/h5-11,17-18H,3-4H2,1-2H3. The van der Waals surface area contributed by atoms with Gasteiger partial charge in [-0.05, 0) is 41.7 Å². The number of hydrogen-bond acceptors (Lipinski definition) is 3. The first kappa shape index (κ1) is 13.9. The van der Waals surface area contributed by atoms with Crippen LogP contribution in [0, 0.1) is 0 Å². The van der Waals surface area contributed by atoms with Crippen LogP contribution in [-0.4, -0.2) is 23.3 Å². The Kier molecular flexibility index (Phi) is 4.45. The van der Waals surface area contributed by atoms with E-state index in [0.29, 0.717) is 5.46 Å². The fourth-order valence-electron chi connectivity index (χ4n) is 2.17. The summed E-state index contributed by atoms with van der Waals surface area (Å²) in [4.78, 5) is 0. The number of benzene rings is 2. The summed E-state index contributed by atoms with van der Waals surface area (Å²) in [5, 5.41) is 20.3. The molecule has 0 bridgehead atoms. The van der Waals surface area contributed by atoms with Gasteiger partial charge in [0.25, 0.3) is 0 Å². The molecule has 2 aromatic rings. The first-order valence-electron chi connectivity index (χ1n) is 6.66. The van der Waals surface area contributed by atoms with Crippen LogP contribution in [0.25, 0.3) is 10.8 Å². The molecule has 3 nitrogen and oxygen atoms in total. The Labute approximate surface area is 114 Å². The minimum absolute atomic E-state index is 0.209. The maximum atomic E-state index is 9.15. The quantitative estimate of drug-likeness (QED) is 0.807. The topological polar surface area (TPSA) is 49.7 Å². The lowest BCUT2D eigenvalue weighted by Crippen LogP contribution is -2.29. The summed E-state index contributed by atoms with van der Waals surface area (Å²) in [5.74, 6) is 0.853. The molecule has 1 atom stereocenters. The highest BCUT2D eigenvalue weighted by Crippen LogP contribution is 2.21. The normalized spacial score (nSPS) is 12.4. The van der Waals surface area contributed by atoms with Gasteiger partial charge in [-0.25, -0.2) is 0 Å². The minimum Gasteiger partial charge on any atom is -0.491 e. The van der Waals surface area contributed by atoms with Gasteiger partial charge in [-0.2, -0.15) is 0 Å². The van der Waals surface area contributed by atoms with E-state index in [4.69, 9.17) is 14.8 Å². The molecule has 19 heavy (non-hydrogen) atoms. The zero-order valence-corrected chi connectivity index (χ0v) is 11.3. The summed E-state index contributed by atoms with van der Waals surface area (Å²) in [5.41, 5.74) is 0.500. The van der Waals surface area contributed by atoms with Gasteiger partial charge in [0.1, 0.15) is 5.75 Å². The van der Waals surface area contributed by atoms with Crippen LogP contribution in [0.2, 0.25) is 0 Å². The molecule has 2 aromatic carbocycles. The van der Waals surface area contributed by atoms with Crippen molar-refractivity contribution in [1.82, 2.24) is 0 Å². The minimum atomic E-state index is -1.43. The number of fused-ring (bicyclic) bond motifs is 1. The predicted octanol–water partition coefficient (Wildman–Crippen LogP) is 2.09. The molecule has 0 amide bonds. The lowest BCUT2D eigenvalue weighted by Gasteiger charge is -2.14. The third kappa shape index (κ3) is 3.49. The Balaban J connectivity index is 2.24. The third-order valence-corrected chi connectivity index (χ3v) is 3.17. The van der Waals surface area contributed by atoms with Crippen LogP contribution < -0.4 is 10.2 Å². The fourth-order valence-corrected chi connectivity index (χ4v) is 2.17. The first-order valence-corrected chi connectivity index (χ1v) is 6.66. The van der Waals surface area contributed by atoms with Gasteiger partial charge in [0.15, 0.2) is 0 Å². The highest BCUT2D eigenvalue weighted by atomic mass is 16.5. The van der Waals surface area contributed by atoms with Crippen LogP contribution in [0.4, 0.5) is 0 Å². The first-order chi connectivity index (χ1) is 9.10. The average Bonchev–Trinajstić information content (AvgIpc) is 2.38. The Morgan fingerprint density at radius 2 is 1.79 bits per heavy atom. The molecule has 1 unspecified atom stereocenters. The van der Waals surface area contributed by atoms with E-state index in [2.05, 4.69) is 13.8 Å².